The molecule has 6 nitrogen and oxygen atoms in total. The molecular formula is C18H22ClN5O. The van der Waals surface area contributed by atoms with Gasteiger partial charge in [0, 0.05) is 19.2 Å². The largest absolute Gasteiger partial charge is 0.368 e. The number of nitrogens with one attached hydrogen (secondary N) is 1. The molecule has 2 aromatic rings. The maximum atomic E-state index is 12.4. The van der Waals surface area contributed by atoms with E-state index in [0.29, 0.717) is 11.7 Å². The first-order valence-corrected chi connectivity index (χ1v) is 8.83. The molecule has 1 aromatic heterocycles. The monoisotopic (exact) mass is 359 g/mol. The predicted molar refractivity (Wildman–Crippen MR) is 99.4 cm³/mol. The summed E-state index contributed by atoms with van der Waals surface area (Å²) in [6.45, 7) is 1.77. The highest BCUT2D eigenvalue weighted by atomic mass is 35.5. The van der Waals surface area contributed by atoms with E-state index in [9.17, 15) is 4.79 Å². The summed E-state index contributed by atoms with van der Waals surface area (Å²) < 4.78 is 0. The van der Waals surface area contributed by atoms with Crippen LogP contribution in [0.15, 0.2) is 36.4 Å². The van der Waals surface area contributed by atoms with E-state index >= 15 is 0 Å². The summed E-state index contributed by atoms with van der Waals surface area (Å²) in [7, 11) is 0. The molecule has 0 unspecified atom stereocenters. The quantitative estimate of drug-likeness (QED) is 0.801. The standard InChI is InChI=1S/C18H22ClN5O/c19-15-11-16(23-18(20)22-15)21-12-17(25)24-8-6-14(7-9-24)10-13-4-2-1-3-5-13/h1-5,11,14H,6-10,12H2,(H3,20,21,22,23). The topological polar surface area (TPSA) is 84.1 Å². The van der Waals surface area contributed by atoms with Crippen molar-refractivity contribution in [2.75, 3.05) is 30.7 Å². The Morgan fingerprint density at radius 2 is 1.96 bits per heavy atom. The van der Waals surface area contributed by atoms with Crippen molar-refractivity contribution < 1.29 is 4.79 Å². The number of benzene rings is 1. The van der Waals surface area contributed by atoms with Gasteiger partial charge < -0.3 is 16.0 Å². The van der Waals surface area contributed by atoms with Crippen LogP contribution >= 0.6 is 11.6 Å². The van der Waals surface area contributed by atoms with Crippen molar-refractivity contribution in [3.8, 4) is 0 Å². The summed E-state index contributed by atoms with van der Waals surface area (Å²) in [5.41, 5.74) is 6.91. The van der Waals surface area contributed by atoms with Gasteiger partial charge in [-0.3, -0.25) is 4.79 Å². The molecule has 1 saturated heterocycles. The van der Waals surface area contributed by atoms with Crippen LogP contribution < -0.4 is 11.1 Å². The molecule has 1 aliphatic rings. The van der Waals surface area contributed by atoms with Crippen LogP contribution in [0.3, 0.4) is 0 Å². The molecule has 1 aliphatic heterocycles. The molecule has 1 fully saturated rings. The van der Waals surface area contributed by atoms with Crippen LogP contribution in [0.4, 0.5) is 11.8 Å². The number of nitrogens with two attached hydrogens (primary N) is 1. The summed E-state index contributed by atoms with van der Waals surface area (Å²) in [6.07, 6.45) is 3.15. The lowest BCUT2D eigenvalue weighted by Crippen LogP contribution is -2.41. The lowest BCUT2D eigenvalue weighted by atomic mass is 9.90. The third-order valence-electron chi connectivity index (χ3n) is 4.47. The fraction of sp³-hybridized carbons (Fsp3) is 0.389. The molecule has 25 heavy (non-hydrogen) atoms. The molecule has 1 aromatic carbocycles. The highest BCUT2D eigenvalue weighted by Gasteiger charge is 2.22. The number of amides is 1. The van der Waals surface area contributed by atoms with Gasteiger partial charge in [0.05, 0.1) is 6.54 Å². The van der Waals surface area contributed by atoms with Crippen molar-refractivity contribution in [3.63, 3.8) is 0 Å². The van der Waals surface area contributed by atoms with Gasteiger partial charge in [0.1, 0.15) is 11.0 Å². The smallest absolute Gasteiger partial charge is 0.241 e. The second kappa shape index (κ2) is 8.16. The molecule has 132 valence electrons. The number of carbonyl (C=O) groups excluding carboxylic acids is 1. The number of hydrogen-bond acceptors (Lipinski definition) is 5. The predicted octanol–water partition coefficient (Wildman–Crippen LogP) is 2.61. The molecule has 2 heterocycles. The number of halogens is 1. The third-order valence-corrected chi connectivity index (χ3v) is 4.66. The number of piperidine rings is 1. The van der Waals surface area contributed by atoms with Gasteiger partial charge >= 0.3 is 0 Å². The molecule has 3 rings (SSSR count). The Kier molecular flexibility index (Phi) is 5.71. The van der Waals surface area contributed by atoms with Crippen LogP contribution in [0.25, 0.3) is 0 Å². The molecule has 1 amide bonds. The van der Waals surface area contributed by atoms with Gasteiger partial charge in [0.15, 0.2) is 0 Å². The zero-order valence-electron chi connectivity index (χ0n) is 14.0. The molecular weight excluding hydrogens is 338 g/mol. The lowest BCUT2D eigenvalue weighted by Gasteiger charge is -2.32. The van der Waals surface area contributed by atoms with Crippen molar-refractivity contribution in [2.45, 2.75) is 19.3 Å². The maximum Gasteiger partial charge on any atom is 0.241 e. The Morgan fingerprint density at radius 3 is 2.64 bits per heavy atom. The zero-order chi connectivity index (χ0) is 17.6. The van der Waals surface area contributed by atoms with E-state index < -0.39 is 0 Å². The minimum Gasteiger partial charge on any atom is -0.368 e. The lowest BCUT2D eigenvalue weighted by molar-refractivity contribution is -0.130. The molecule has 0 saturated carbocycles. The second-order valence-corrected chi connectivity index (χ2v) is 6.69. The van der Waals surface area contributed by atoms with Crippen molar-refractivity contribution in [1.29, 1.82) is 0 Å². The minimum atomic E-state index is 0.0615. The highest BCUT2D eigenvalue weighted by molar-refractivity contribution is 6.29. The number of nitrogen functional groups attached to an aromatic ring is 1. The van der Waals surface area contributed by atoms with Gasteiger partial charge in [-0.25, -0.2) is 4.98 Å². The normalized spacial score (nSPS) is 15.2. The fourth-order valence-corrected chi connectivity index (χ4v) is 3.33. The van der Waals surface area contributed by atoms with Crippen molar-refractivity contribution in [2.24, 2.45) is 5.92 Å². The van der Waals surface area contributed by atoms with E-state index in [1.807, 2.05) is 11.0 Å². The number of anilines is 2. The van der Waals surface area contributed by atoms with Crippen molar-refractivity contribution >= 4 is 29.3 Å². The van der Waals surface area contributed by atoms with E-state index in [4.69, 9.17) is 17.3 Å². The molecule has 0 bridgehead atoms. The summed E-state index contributed by atoms with van der Waals surface area (Å²) in [5, 5.41) is 3.22. The van der Waals surface area contributed by atoms with Gasteiger partial charge in [-0.15, -0.1) is 0 Å². The zero-order valence-corrected chi connectivity index (χ0v) is 14.7. The number of rotatable bonds is 5. The number of nitrogens with zero attached hydrogens (tertiary/aromatic N) is 3. The number of hydrogen-bond donors (Lipinski definition) is 2. The number of likely N-dealkylation sites (tertiary alicyclic amines) is 1. The summed E-state index contributed by atoms with van der Waals surface area (Å²) >= 11 is 5.83. The van der Waals surface area contributed by atoms with Gasteiger partial charge in [0.25, 0.3) is 0 Å². The van der Waals surface area contributed by atoms with Crippen LogP contribution in [0.1, 0.15) is 18.4 Å². The van der Waals surface area contributed by atoms with Crippen LogP contribution in [0, 0.1) is 5.92 Å². The van der Waals surface area contributed by atoms with Crippen LogP contribution in [-0.4, -0.2) is 40.4 Å². The number of carbonyl (C=O) groups is 1. The van der Waals surface area contributed by atoms with Crippen LogP contribution in [0.2, 0.25) is 5.15 Å². The first-order valence-electron chi connectivity index (χ1n) is 8.46. The Bertz CT molecular complexity index is 696. The van der Waals surface area contributed by atoms with Crippen LogP contribution in [0.5, 0.6) is 0 Å². The maximum absolute atomic E-state index is 12.4. The van der Waals surface area contributed by atoms with Crippen LogP contribution in [-0.2, 0) is 11.2 Å². The Balaban J connectivity index is 1.45. The summed E-state index contributed by atoms with van der Waals surface area (Å²) in [6, 6.07) is 12.1. The van der Waals surface area contributed by atoms with Crippen molar-refractivity contribution in [3.05, 3.63) is 47.1 Å². The molecule has 0 aliphatic carbocycles. The number of aromatic nitrogens is 2. The summed E-state index contributed by atoms with van der Waals surface area (Å²) in [5.74, 6) is 1.25. The van der Waals surface area contributed by atoms with Gasteiger partial charge in [-0.1, -0.05) is 41.9 Å². The summed E-state index contributed by atoms with van der Waals surface area (Å²) in [4.78, 5) is 22.1. The van der Waals surface area contributed by atoms with E-state index in [1.54, 1.807) is 6.07 Å². The van der Waals surface area contributed by atoms with Gasteiger partial charge in [-0.05, 0) is 30.7 Å². The molecule has 7 heteroatoms. The average molecular weight is 360 g/mol. The van der Waals surface area contributed by atoms with Crippen molar-refractivity contribution in [1.82, 2.24) is 14.9 Å². The Labute approximate surface area is 152 Å². The first kappa shape index (κ1) is 17.5. The highest BCUT2D eigenvalue weighted by Crippen LogP contribution is 2.22. The molecule has 3 N–H and O–H groups in total. The molecule has 0 radical (unpaired) electrons. The van der Waals surface area contributed by atoms with E-state index in [1.165, 1.54) is 5.56 Å². The third kappa shape index (κ3) is 5.06. The Hall–Kier alpha value is -2.34. The fourth-order valence-electron chi connectivity index (χ4n) is 3.14. The van der Waals surface area contributed by atoms with E-state index in [-0.39, 0.29) is 23.6 Å². The molecule has 0 atom stereocenters. The Morgan fingerprint density at radius 1 is 1.24 bits per heavy atom. The van der Waals surface area contributed by atoms with E-state index in [2.05, 4.69) is 39.6 Å². The first-order chi connectivity index (χ1) is 12.1. The second-order valence-electron chi connectivity index (χ2n) is 6.30. The SMILES string of the molecule is Nc1nc(Cl)cc(NCC(=O)N2CCC(Cc3ccccc3)CC2)n1. The van der Waals surface area contributed by atoms with E-state index in [0.717, 1.165) is 32.4 Å². The molecule has 0 spiro atoms. The minimum absolute atomic E-state index is 0.0615. The average Bonchev–Trinajstić information content (AvgIpc) is 2.60. The van der Waals surface area contributed by atoms with Gasteiger partial charge in [0.2, 0.25) is 11.9 Å². The van der Waals surface area contributed by atoms with Gasteiger partial charge in [-0.2, -0.15) is 4.98 Å².